The van der Waals surface area contributed by atoms with Crippen LogP contribution in [0.5, 0.6) is 0 Å². The Morgan fingerprint density at radius 1 is 1.33 bits per heavy atom. The lowest BCUT2D eigenvalue weighted by atomic mass is 10.1. The van der Waals surface area contributed by atoms with Crippen LogP contribution in [0.4, 0.5) is 5.69 Å². The summed E-state index contributed by atoms with van der Waals surface area (Å²) in [6, 6.07) is 10.4. The summed E-state index contributed by atoms with van der Waals surface area (Å²) in [5.74, 6) is 0. The first kappa shape index (κ1) is 13.3. The number of hydrogen-bond donors (Lipinski definition) is 1. The number of alkyl halides is 1. The van der Waals surface area contributed by atoms with Crippen molar-refractivity contribution in [2.75, 3.05) is 11.9 Å². The first-order valence-corrected chi connectivity index (χ1v) is 7.36. The molecule has 1 N–H and O–H groups in total. The summed E-state index contributed by atoms with van der Waals surface area (Å²) in [6.07, 6.45) is 2.30. The molecule has 0 saturated heterocycles. The summed E-state index contributed by atoms with van der Waals surface area (Å²) in [5.41, 5.74) is 3.31. The van der Waals surface area contributed by atoms with Gasteiger partial charge in [-0.05, 0) is 31.9 Å². The number of rotatable bonds is 5. The van der Waals surface area contributed by atoms with Crippen LogP contribution in [0.1, 0.15) is 25.5 Å². The Morgan fingerprint density at radius 2 is 2.11 bits per heavy atom. The van der Waals surface area contributed by atoms with Gasteiger partial charge in [-0.3, -0.25) is 4.98 Å². The largest absolute Gasteiger partial charge is 0.384 e. The number of pyridine rings is 1. The summed E-state index contributed by atoms with van der Waals surface area (Å²) in [7, 11) is 0. The molecule has 0 radical (unpaired) electrons. The number of benzene rings is 1. The molecule has 3 heteroatoms. The minimum Gasteiger partial charge on any atom is -0.384 e. The van der Waals surface area contributed by atoms with Gasteiger partial charge in [-0.15, -0.1) is 0 Å². The zero-order valence-electron chi connectivity index (χ0n) is 10.9. The minimum absolute atomic E-state index is 0.596. The van der Waals surface area contributed by atoms with Crippen molar-refractivity contribution in [1.82, 2.24) is 4.98 Å². The molecule has 1 aromatic carbocycles. The lowest BCUT2D eigenvalue weighted by Crippen LogP contribution is -2.08. The molecule has 2 aromatic rings. The van der Waals surface area contributed by atoms with Gasteiger partial charge in [-0.1, -0.05) is 41.1 Å². The third-order valence-corrected chi connectivity index (χ3v) is 4.17. The van der Waals surface area contributed by atoms with Crippen molar-refractivity contribution in [3.63, 3.8) is 0 Å². The molecule has 1 atom stereocenters. The molecule has 2 nitrogen and oxygen atoms in total. The van der Waals surface area contributed by atoms with Crippen LogP contribution in [0.3, 0.4) is 0 Å². The third-order valence-electron chi connectivity index (χ3n) is 3.06. The zero-order chi connectivity index (χ0) is 13.0. The highest BCUT2D eigenvalue weighted by molar-refractivity contribution is 9.09. The van der Waals surface area contributed by atoms with Crippen molar-refractivity contribution in [3.05, 3.63) is 36.0 Å². The van der Waals surface area contributed by atoms with Crippen LogP contribution >= 0.6 is 15.9 Å². The van der Waals surface area contributed by atoms with E-state index in [1.165, 1.54) is 11.1 Å². The number of halogens is 1. The molecular formula is C15H19BrN2. The Hall–Kier alpha value is -1.09. The van der Waals surface area contributed by atoms with Gasteiger partial charge in [-0.2, -0.15) is 0 Å². The highest BCUT2D eigenvalue weighted by Gasteiger charge is 2.04. The fourth-order valence-corrected chi connectivity index (χ4v) is 2.25. The van der Waals surface area contributed by atoms with E-state index in [9.17, 15) is 0 Å². The minimum atomic E-state index is 0.596. The van der Waals surface area contributed by atoms with Crippen molar-refractivity contribution < 1.29 is 0 Å². The van der Waals surface area contributed by atoms with Crippen LogP contribution in [0.25, 0.3) is 10.9 Å². The monoisotopic (exact) mass is 306 g/mol. The molecule has 2 rings (SSSR count). The third kappa shape index (κ3) is 3.22. The number of nitrogens with zero attached hydrogens (tertiary/aromatic N) is 1. The van der Waals surface area contributed by atoms with E-state index in [0.717, 1.165) is 30.6 Å². The average Bonchev–Trinajstić information content (AvgIpc) is 2.38. The van der Waals surface area contributed by atoms with E-state index < -0.39 is 0 Å². The molecule has 0 saturated carbocycles. The number of aryl methyl sites for hydroxylation is 1. The van der Waals surface area contributed by atoms with E-state index in [0.29, 0.717) is 4.83 Å². The summed E-state index contributed by atoms with van der Waals surface area (Å²) in [6.45, 7) is 5.22. The molecule has 0 amide bonds. The van der Waals surface area contributed by atoms with Gasteiger partial charge in [-0.25, -0.2) is 0 Å². The number of anilines is 1. The van der Waals surface area contributed by atoms with Crippen LogP contribution in [0.2, 0.25) is 0 Å². The van der Waals surface area contributed by atoms with E-state index >= 15 is 0 Å². The van der Waals surface area contributed by atoms with Gasteiger partial charge in [0.05, 0.1) is 5.52 Å². The molecule has 0 aliphatic heterocycles. The van der Waals surface area contributed by atoms with Crippen LogP contribution in [-0.4, -0.2) is 16.4 Å². The summed E-state index contributed by atoms with van der Waals surface area (Å²) >= 11 is 3.66. The van der Waals surface area contributed by atoms with Gasteiger partial charge in [0, 0.05) is 28.1 Å². The highest BCUT2D eigenvalue weighted by atomic mass is 79.9. The van der Waals surface area contributed by atoms with Gasteiger partial charge in [0.2, 0.25) is 0 Å². The van der Waals surface area contributed by atoms with Gasteiger partial charge in [0.25, 0.3) is 0 Å². The lowest BCUT2D eigenvalue weighted by Gasteiger charge is -2.12. The Bertz CT molecular complexity index is 525. The van der Waals surface area contributed by atoms with E-state index in [2.05, 4.69) is 57.4 Å². The molecule has 0 spiro atoms. The van der Waals surface area contributed by atoms with Crippen molar-refractivity contribution in [2.45, 2.75) is 31.5 Å². The molecule has 0 bridgehead atoms. The Balaban J connectivity index is 2.17. The molecule has 18 heavy (non-hydrogen) atoms. The topological polar surface area (TPSA) is 24.9 Å². The van der Waals surface area contributed by atoms with Crippen LogP contribution < -0.4 is 5.32 Å². The zero-order valence-corrected chi connectivity index (χ0v) is 12.5. The maximum Gasteiger partial charge on any atom is 0.0725 e. The molecule has 96 valence electrons. The van der Waals surface area contributed by atoms with E-state index in [1.807, 2.05) is 13.0 Å². The summed E-state index contributed by atoms with van der Waals surface area (Å²) in [5, 5.41) is 4.72. The standard InChI is InChI=1S/C15H19BrN2/c1-3-12(16)8-9-17-15-10-11(2)18-14-7-5-4-6-13(14)15/h4-7,10,12H,3,8-9H2,1-2H3,(H,17,18). The fourth-order valence-electron chi connectivity index (χ4n) is 2.02. The maximum atomic E-state index is 4.55. The number of para-hydroxylation sites is 1. The van der Waals surface area contributed by atoms with Gasteiger partial charge in [0.15, 0.2) is 0 Å². The molecule has 0 aliphatic rings. The highest BCUT2D eigenvalue weighted by Crippen LogP contribution is 2.23. The van der Waals surface area contributed by atoms with Crippen LogP contribution in [0.15, 0.2) is 30.3 Å². The molecule has 0 fully saturated rings. The second-order valence-corrected chi connectivity index (χ2v) is 5.84. The first-order valence-electron chi connectivity index (χ1n) is 6.45. The van der Waals surface area contributed by atoms with E-state index in [4.69, 9.17) is 0 Å². The van der Waals surface area contributed by atoms with Crippen LogP contribution in [0, 0.1) is 6.92 Å². The fraction of sp³-hybridized carbons (Fsp3) is 0.400. The molecule has 1 aromatic heterocycles. The van der Waals surface area contributed by atoms with Crippen molar-refractivity contribution in [3.8, 4) is 0 Å². The van der Waals surface area contributed by atoms with Gasteiger partial charge >= 0.3 is 0 Å². The maximum absolute atomic E-state index is 4.55. The number of nitrogens with one attached hydrogen (secondary N) is 1. The molecule has 0 aliphatic carbocycles. The Labute approximate surface area is 117 Å². The van der Waals surface area contributed by atoms with Crippen molar-refractivity contribution >= 4 is 32.5 Å². The van der Waals surface area contributed by atoms with Gasteiger partial charge in [0.1, 0.15) is 0 Å². The van der Waals surface area contributed by atoms with Crippen LogP contribution in [-0.2, 0) is 0 Å². The normalized spacial score (nSPS) is 12.6. The Morgan fingerprint density at radius 3 is 2.89 bits per heavy atom. The van der Waals surface area contributed by atoms with Gasteiger partial charge < -0.3 is 5.32 Å². The van der Waals surface area contributed by atoms with Crippen molar-refractivity contribution in [2.24, 2.45) is 0 Å². The number of fused-ring (bicyclic) bond motifs is 1. The van der Waals surface area contributed by atoms with E-state index in [-0.39, 0.29) is 0 Å². The number of hydrogen-bond acceptors (Lipinski definition) is 2. The quantitative estimate of drug-likeness (QED) is 0.822. The molecule has 1 unspecified atom stereocenters. The summed E-state index contributed by atoms with van der Waals surface area (Å²) in [4.78, 5) is 5.14. The van der Waals surface area contributed by atoms with E-state index in [1.54, 1.807) is 0 Å². The predicted molar refractivity (Wildman–Crippen MR) is 82.6 cm³/mol. The summed E-state index contributed by atoms with van der Waals surface area (Å²) < 4.78 is 0. The smallest absolute Gasteiger partial charge is 0.0725 e. The lowest BCUT2D eigenvalue weighted by molar-refractivity contribution is 0.775. The first-order chi connectivity index (χ1) is 8.70. The molecular weight excluding hydrogens is 288 g/mol. The SMILES string of the molecule is CCC(Br)CCNc1cc(C)nc2ccccc12. The Kier molecular flexibility index (Phi) is 4.59. The number of aromatic nitrogens is 1. The average molecular weight is 307 g/mol. The second-order valence-electron chi connectivity index (χ2n) is 4.55. The predicted octanol–water partition coefficient (Wildman–Crippen LogP) is 4.52. The van der Waals surface area contributed by atoms with Crippen molar-refractivity contribution in [1.29, 1.82) is 0 Å². The molecule has 1 heterocycles. The second kappa shape index (κ2) is 6.19.